The zero-order valence-corrected chi connectivity index (χ0v) is 28.5. The maximum Gasteiger partial charge on any atom is 0.408 e. The van der Waals surface area contributed by atoms with Crippen molar-refractivity contribution in [1.29, 1.82) is 0 Å². The molecule has 0 bridgehead atoms. The monoisotopic (exact) mass is 657 g/mol. The SMILES string of the molecule is COCC1C(c2ccccc2)C1(C(=O)O)C(=O)N(C)OC.COCC1C(c2ccccc2)C1(NC(=O)OC(C)(C)C)C(=O)N(C)OC. The predicted octanol–water partition coefficient (Wildman–Crippen LogP) is 3.47. The van der Waals surface area contributed by atoms with Crippen molar-refractivity contribution >= 4 is 23.9 Å². The maximum absolute atomic E-state index is 13.1. The number of carboxylic acids is 1. The Hall–Kier alpha value is -4.04. The fourth-order valence-electron chi connectivity index (χ4n) is 6.39. The molecule has 0 aliphatic heterocycles. The van der Waals surface area contributed by atoms with Crippen molar-refractivity contribution in [3.05, 3.63) is 71.8 Å². The van der Waals surface area contributed by atoms with Crippen molar-refractivity contribution in [3.63, 3.8) is 0 Å². The topological polar surface area (TPSA) is 153 Å². The number of hydroxylamine groups is 4. The average Bonchev–Trinajstić information content (AvgIpc) is 3.91. The molecule has 0 radical (unpaired) electrons. The fourth-order valence-corrected chi connectivity index (χ4v) is 6.39. The van der Waals surface area contributed by atoms with Crippen LogP contribution in [0.4, 0.5) is 4.79 Å². The molecule has 258 valence electrons. The van der Waals surface area contributed by atoms with Crippen LogP contribution in [0.5, 0.6) is 0 Å². The molecule has 13 heteroatoms. The van der Waals surface area contributed by atoms with Gasteiger partial charge in [-0.15, -0.1) is 0 Å². The van der Waals surface area contributed by atoms with Gasteiger partial charge in [0.05, 0.1) is 27.4 Å². The second-order valence-corrected chi connectivity index (χ2v) is 12.5. The summed E-state index contributed by atoms with van der Waals surface area (Å²) >= 11 is 0. The summed E-state index contributed by atoms with van der Waals surface area (Å²) in [7, 11) is 8.74. The Morgan fingerprint density at radius 2 is 1.19 bits per heavy atom. The van der Waals surface area contributed by atoms with Crippen molar-refractivity contribution in [1.82, 2.24) is 15.4 Å². The molecule has 2 aliphatic rings. The number of benzene rings is 2. The van der Waals surface area contributed by atoms with Crippen LogP contribution in [-0.4, -0.2) is 106 Å². The van der Waals surface area contributed by atoms with Crippen LogP contribution in [0.3, 0.4) is 0 Å². The summed E-state index contributed by atoms with van der Waals surface area (Å²) in [5.74, 6) is -3.34. The number of aliphatic carboxylic acids is 1. The first-order valence-electron chi connectivity index (χ1n) is 15.2. The van der Waals surface area contributed by atoms with Gasteiger partial charge in [0.25, 0.3) is 11.8 Å². The van der Waals surface area contributed by atoms with Crippen molar-refractivity contribution in [2.24, 2.45) is 17.3 Å². The number of methoxy groups -OCH3 is 2. The molecule has 4 rings (SSSR count). The van der Waals surface area contributed by atoms with Crippen LogP contribution >= 0.6 is 0 Å². The highest BCUT2D eigenvalue weighted by Crippen LogP contribution is 2.66. The highest BCUT2D eigenvalue weighted by molar-refractivity contribution is 6.07. The standard InChI is InChI=1S/C19H28N2O5.C15H19NO5/c1-18(2,3)26-17(23)20-19(16(22)21(4)25-6)14(12-24-5)15(19)13-10-8-7-9-11-13;1-16(21-3)13(17)15(14(18)19)11(9-20-2)12(15)10-7-5-4-6-8-10/h7-11,14-15H,12H2,1-6H3,(H,20,23);4-8,11-12H,9H2,1-3H3,(H,18,19). The number of ether oxygens (including phenoxy) is 3. The number of nitrogens with zero attached hydrogens (tertiary/aromatic N) is 2. The minimum absolute atomic E-state index is 0.204. The fraction of sp³-hybridized carbons (Fsp3) is 0.529. The minimum Gasteiger partial charge on any atom is -0.480 e. The van der Waals surface area contributed by atoms with Gasteiger partial charge in [0.15, 0.2) is 5.41 Å². The summed E-state index contributed by atoms with van der Waals surface area (Å²) in [5.41, 5.74) is -1.61. The van der Waals surface area contributed by atoms with Crippen LogP contribution in [0.15, 0.2) is 60.7 Å². The number of carbonyl (C=O) groups is 4. The van der Waals surface area contributed by atoms with Gasteiger partial charge in [0.2, 0.25) is 0 Å². The molecular weight excluding hydrogens is 610 g/mol. The zero-order valence-electron chi connectivity index (χ0n) is 28.5. The Labute approximate surface area is 275 Å². The van der Waals surface area contributed by atoms with Crippen LogP contribution in [0, 0.1) is 17.3 Å². The van der Waals surface area contributed by atoms with Crippen molar-refractivity contribution in [2.75, 3.05) is 55.7 Å². The minimum atomic E-state index is -1.53. The van der Waals surface area contributed by atoms with Gasteiger partial charge in [-0.25, -0.2) is 14.9 Å². The molecule has 6 unspecified atom stereocenters. The van der Waals surface area contributed by atoms with Crippen LogP contribution in [0.2, 0.25) is 0 Å². The Morgan fingerprint density at radius 1 is 0.745 bits per heavy atom. The molecule has 0 saturated heterocycles. The summed E-state index contributed by atoms with van der Waals surface area (Å²) in [6, 6.07) is 18.8. The summed E-state index contributed by atoms with van der Waals surface area (Å²) in [6.45, 7) is 5.84. The highest BCUT2D eigenvalue weighted by Gasteiger charge is 2.76. The molecule has 2 N–H and O–H groups in total. The predicted molar refractivity (Wildman–Crippen MR) is 171 cm³/mol. The van der Waals surface area contributed by atoms with E-state index in [1.807, 2.05) is 60.7 Å². The number of carboxylic acid groups (broad SMARTS) is 1. The number of nitrogens with one attached hydrogen (secondary N) is 1. The molecule has 2 fully saturated rings. The molecule has 13 nitrogen and oxygen atoms in total. The molecule has 0 spiro atoms. The Bertz CT molecular complexity index is 1390. The third-order valence-electron chi connectivity index (χ3n) is 8.64. The van der Waals surface area contributed by atoms with Crippen molar-refractivity contribution in [3.8, 4) is 0 Å². The number of alkyl carbamates (subject to hydrolysis) is 1. The quantitative estimate of drug-likeness (QED) is 0.256. The zero-order chi connectivity index (χ0) is 35.2. The number of hydrogen-bond acceptors (Lipinski definition) is 9. The largest absolute Gasteiger partial charge is 0.480 e. The van der Waals surface area contributed by atoms with Gasteiger partial charge in [-0.2, -0.15) is 0 Å². The first-order valence-corrected chi connectivity index (χ1v) is 15.2. The third kappa shape index (κ3) is 7.59. The van der Waals surface area contributed by atoms with Crippen LogP contribution in [0.1, 0.15) is 43.7 Å². The smallest absolute Gasteiger partial charge is 0.408 e. The lowest BCUT2D eigenvalue weighted by Gasteiger charge is -2.27. The van der Waals surface area contributed by atoms with Gasteiger partial charge in [-0.1, -0.05) is 60.7 Å². The molecule has 2 saturated carbocycles. The number of likely N-dealkylation sites (N-methyl/N-ethyl adjacent to an activating group) is 1. The molecule has 3 amide bonds. The molecule has 2 aromatic carbocycles. The molecule has 6 atom stereocenters. The lowest BCUT2D eigenvalue weighted by Crippen LogP contribution is -2.53. The van der Waals surface area contributed by atoms with E-state index in [0.717, 1.165) is 21.3 Å². The molecule has 47 heavy (non-hydrogen) atoms. The van der Waals surface area contributed by atoms with E-state index in [1.165, 1.54) is 35.4 Å². The van der Waals surface area contributed by atoms with E-state index < -0.39 is 46.4 Å². The van der Waals surface area contributed by atoms with Gasteiger partial charge in [0.1, 0.15) is 11.1 Å². The van der Waals surface area contributed by atoms with E-state index in [1.54, 1.807) is 27.9 Å². The molecular formula is C34H47N3O10. The molecule has 0 aromatic heterocycles. The Morgan fingerprint density at radius 3 is 1.62 bits per heavy atom. The normalized spacial score (nSPS) is 25.8. The number of carbonyl (C=O) groups excluding carboxylic acids is 3. The van der Waals surface area contributed by atoms with E-state index in [0.29, 0.717) is 6.61 Å². The number of hydrogen-bond donors (Lipinski definition) is 2. The van der Waals surface area contributed by atoms with Gasteiger partial charge < -0.3 is 24.6 Å². The van der Waals surface area contributed by atoms with Gasteiger partial charge in [-0.05, 0) is 31.9 Å². The van der Waals surface area contributed by atoms with Gasteiger partial charge in [-0.3, -0.25) is 24.1 Å². The van der Waals surface area contributed by atoms with Gasteiger partial charge >= 0.3 is 12.1 Å². The third-order valence-corrected chi connectivity index (χ3v) is 8.64. The van der Waals surface area contributed by atoms with E-state index in [2.05, 4.69) is 5.32 Å². The van der Waals surface area contributed by atoms with Crippen LogP contribution in [-0.2, 0) is 38.3 Å². The maximum atomic E-state index is 13.1. The van der Waals surface area contributed by atoms with E-state index in [9.17, 15) is 24.3 Å². The Kier molecular flexibility index (Phi) is 12.1. The Balaban J connectivity index is 0.000000261. The van der Waals surface area contributed by atoms with Gasteiger partial charge in [0, 0.05) is 52.0 Å². The lowest BCUT2D eigenvalue weighted by atomic mass is 9.97. The van der Waals surface area contributed by atoms with Crippen molar-refractivity contribution < 1.29 is 48.2 Å². The second kappa shape index (κ2) is 15.2. The first-order chi connectivity index (χ1) is 22.2. The van der Waals surface area contributed by atoms with E-state index in [-0.39, 0.29) is 24.3 Å². The first kappa shape index (κ1) is 37.4. The molecule has 2 aliphatic carbocycles. The van der Waals surface area contributed by atoms with E-state index in [4.69, 9.17) is 23.9 Å². The van der Waals surface area contributed by atoms with Crippen LogP contribution in [0.25, 0.3) is 0 Å². The summed E-state index contributed by atoms with van der Waals surface area (Å²) in [5, 5.41) is 14.6. The average molecular weight is 658 g/mol. The number of rotatable bonds is 12. The summed E-state index contributed by atoms with van der Waals surface area (Å²) in [4.78, 5) is 59.9. The van der Waals surface area contributed by atoms with E-state index >= 15 is 0 Å². The molecule has 0 heterocycles. The number of amides is 3. The van der Waals surface area contributed by atoms with Crippen LogP contribution < -0.4 is 5.32 Å². The summed E-state index contributed by atoms with van der Waals surface area (Å²) in [6.07, 6.45) is -0.644. The second-order valence-electron chi connectivity index (χ2n) is 12.5. The molecule has 2 aromatic rings. The highest BCUT2D eigenvalue weighted by atomic mass is 16.7. The lowest BCUT2D eigenvalue weighted by molar-refractivity contribution is -0.181. The van der Waals surface area contributed by atoms with Crippen molar-refractivity contribution in [2.45, 2.75) is 43.7 Å². The summed E-state index contributed by atoms with van der Waals surface area (Å²) < 4.78 is 15.8.